The molecule has 4 rings (SSSR count). The van der Waals surface area contributed by atoms with Gasteiger partial charge in [0.05, 0.1) is 6.54 Å². The van der Waals surface area contributed by atoms with Crippen molar-refractivity contribution in [3.8, 4) is 0 Å². The lowest BCUT2D eigenvalue weighted by Crippen LogP contribution is -2.70. The molecular formula is C18H18N4O4. The zero-order valence-electron chi connectivity index (χ0n) is 13.9. The number of piperazine rings is 1. The van der Waals surface area contributed by atoms with Crippen molar-refractivity contribution in [2.75, 3.05) is 13.1 Å². The molecule has 0 saturated carbocycles. The molecule has 2 aliphatic rings. The lowest BCUT2D eigenvalue weighted by atomic mass is 9.99. The van der Waals surface area contributed by atoms with E-state index in [9.17, 15) is 14.4 Å². The number of carbonyl (C=O) groups excluding carboxylic acids is 3. The summed E-state index contributed by atoms with van der Waals surface area (Å²) in [5.41, 5.74) is 6.33. The van der Waals surface area contributed by atoms with Crippen LogP contribution in [0.25, 0.3) is 10.8 Å². The number of fused-ring (bicyclic) bond motifs is 2. The zero-order chi connectivity index (χ0) is 18.3. The summed E-state index contributed by atoms with van der Waals surface area (Å²) in [6.07, 6.45) is -1.37. The van der Waals surface area contributed by atoms with Gasteiger partial charge in [-0.25, -0.2) is 4.79 Å². The first-order valence-corrected chi connectivity index (χ1v) is 8.34. The topological polar surface area (TPSA) is 105 Å². The van der Waals surface area contributed by atoms with Gasteiger partial charge in [-0.15, -0.1) is 0 Å². The smallest absolute Gasteiger partial charge is 0.340 e. The summed E-state index contributed by atoms with van der Waals surface area (Å²) < 4.78 is 0. The van der Waals surface area contributed by atoms with Gasteiger partial charge in [0.2, 0.25) is 5.91 Å². The van der Waals surface area contributed by atoms with Gasteiger partial charge in [-0.3, -0.25) is 14.4 Å². The van der Waals surface area contributed by atoms with Crippen LogP contribution in [0, 0.1) is 0 Å². The number of urea groups is 1. The predicted octanol–water partition coefficient (Wildman–Crippen LogP) is 0.361. The molecule has 8 nitrogen and oxygen atoms in total. The average molecular weight is 354 g/mol. The summed E-state index contributed by atoms with van der Waals surface area (Å²) in [4.78, 5) is 43.3. The molecule has 4 amide bonds. The van der Waals surface area contributed by atoms with Gasteiger partial charge in [-0.1, -0.05) is 42.5 Å². The van der Waals surface area contributed by atoms with Crippen molar-refractivity contribution in [1.82, 2.24) is 15.3 Å². The van der Waals surface area contributed by atoms with Gasteiger partial charge in [0.25, 0.3) is 5.91 Å². The Kier molecular flexibility index (Phi) is 3.96. The Morgan fingerprint density at radius 3 is 2.77 bits per heavy atom. The number of hydrogen-bond acceptors (Lipinski definition) is 4. The van der Waals surface area contributed by atoms with Crippen molar-refractivity contribution >= 4 is 28.6 Å². The van der Waals surface area contributed by atoms with Crippen LogP contribution in [0.3, 0.4) is 0 Å². The first kappa shape index (κ1) is 16.3. The molecule has 2 saturated heterocycles. The number of primary amides is 1. The minimum atomic E-state index is -0.921. The fourth-order valence-corrected chi connectivity index (χ4v) is 3.50. The highest BCUT2D eigenvalue weighted by atomic mass is 16.7. The minimum Gasteiger partial charge on any atom is -0.350 e. The summed E-state index contributed by atoms with van der Waals surface area (Å²) in [7, 11) is 0. The lowest BCUT2D eigenvalue weighted by Gasteiger charge is -2.46. The van der Waals surface area contributed by atoms with E-state index in [0.29, 0.717) is 0 Å². The van der Waals surface area contributed by atoms with Crippen molar-refractivity contribution in [1.29, 1.82) is 0 Å². The number of amides is 4. The van der Waals surface area contributed by atoms with Crippen molar-refractivity contribution in [3.63, 3.8) is 0 Å². The molecule has 8 heteroatoms. The van der Waals surface area contributed by atoms with Crippen molar-refractivity contribution < 1.29 is 19.2 Å². The molecule has 2 unspecified atom stereocenters. The first-order valence-electron chi connectivity index (χ1n) is 8.34. The maximum atomic E-state index is 12.9. The Bertz CT molecular complexity index is 894. The van der Waals surface area contributed by atoms with E-state index in [2.05, 4.69) is 5.32 Å². The SMILES string of the molecule is NC(=O)N1OC(Cc2cccc3ccccc23)C(=O)N2CC(=O)NCC21. The number of hydroxylamine groups is 2. The molecule has 0 radical (unpaired) electrons. The van der Waals surface area contributed by atoms with E-state index < -0.39 is 18.3 Å². The number of benzene rings is 2. The number of hydrogen-bond donors (Lipinski definition) is 2. The monoisotopic (exact) mass is 354 g/mol. The van der Waals surface area contributed by atoms with Gasteiger partial charge < -0.3 is 16.0 Å². The number of nitrogens with two attached hydrogens (primary N) is 1. The number of nitrogens with one attached hydrogen (secondary N) is 1. The third-order valence-electron chi connectivity index (χ3n) is 4.73. The first-order chi connectivity index (χ1) is 12.5. The van der Waals surface area contributed by atoms with Crippen LogP contribution in [0.15, 0.2) is 42.5 Å². The van der Waals surface area contributed by atoms with Crippen LogP contribution in [-0.2, 0) is 20.8 Å². The third kappa shape index (κ3) is 2.74. The van der Waals surface area contributed by atoms with Crippen LogP contribution in [0.5, 0.6) is 0 Å². The highest BCUT2D eigenvalue weighted by molar-refractivity contribution is 5.91. The highest BCUT2D eigenvalue weighted by Gasteiger charge is 2.46. The van der Waals surface area contributed by atoms with Gasteiger partial charge in [-0.05, 0) is 16.3 Å². The van der Waals surface area contributed by atoms with E-state index in [0.717, 1.165) is 21.4 Å². The predicted molar refractivity (Wildman–Crippen MR) is 92.5 cm³/mol. The van der Waals surface area contributed by atoms with Crippen molar-refractivity contribution in [2.45, 2.75) is 18.7 Å². The van der Waals surface area contributed by atoms with Crippen LogP contribution in [0.4, 0.5) is 4.79 Å². The van der Waals surface area contributed by atoms with Crippen molar-refractivity contribution in [2.24, 2.45) is 5.73 Å². The van der Waals surface area contributed by atoms with E-state index in [1.54, 1.807) is 0 Å². The highest BCUT2D eigenvalue weighted by Crippen LogP contribution is 2.25. The van der Waals surface area contributed by atoms with Gasteiger partial charge in [0, 0.05) is 6.42 Å². The zero-order valence-corrected chi connectivity index (χ0v) is 13.9. The Morgan fingerprint density at radius 1 is 1.19 bits per heavy atom. The van der Waals surface area contributed by atoms with Gasteiger partial charge >= 0.3 is 6.03 Å². The Labute approximate surface area is 149 Å². The van der Waals surface area contributed by atoms with Gasteiger partial charge in [-0.2, -0.15) is 5.06 Å². The van der Waals surface area contributed by atoms with Crippen LogP contribution >= 0.6 is 0 Å². The molecule has 2 atom stereocenters. The van der Waals surface area contributed by atoms with E-state index in [-0.39, 0.29) is 31.3 Å². The van der Waals surface area contributed by atoms with Crippen LogP contribution in [-0.4, -0.2) is 53.2 Å². The molecule has 2 heterocycles. The van der Waals surface area contributed by atoms with E-state index in [4.69, 9.17) is 10.6 Å². The standard InChI is InChI=1S/C18H18N4O4/c19-18(25)22-16-9-20-15(23)10-21(16)17(24)14(26-22)8-12-6-3-5-11-4-1-2-7-13(11)12/h1-7,14,16H,8-10H2,(H2,19,25)(H,20,23). The molecular weight excluding hydrogens is 336 g/mol. The average Bonchev–Trinajstić information content (AvgIpc) is 2.64. The summed E-state index contributed by atoms with van der Waals surface area (Å²) in [5.74, 6) is -0.597. The second-order valence-electron chi connectivity index (χ2n) is 6.35. The molecule has 0 aliphatic carbocycles. The fourth-order valence-electron chi connectivity index (χ4n) is 3.50. The second kappa shape index (κ2) is 6.30. The normalized spacial score (nSPS) is 22.9. The molecule has 2 aromatic rings. The summed E-state index contributed by atoms with van der Waals surface area (Å²) in [6.45, 7) is -0.0306. The number of carbonyl (C=O) groups is 3. The lowest BCUT2D eigenvalue weighted by molar-refractivity contribution is -0.246. The number of nitrogens with zero attached hydrogens (tertiary/aromatic N) is 2. The molecule has 2 fully saturated rings. The van der Waals surface area contributed by atoms with E-state index in [1.807, 2.05) is 42.5 Å². The molecule has 26 heavy (non-hydrogen) atoms. The molecule has 0 aromatic heterocycles. The Hall–Kier alpha value is -3.13. The van der Waals surface area contributed by atoms with E-state index >= 15 is 0 Å². The minimum absolute atomic E-state index is 0.0918. The quantitative estimate of drug-likeness (QED) is 0.812. The maximum Gasteiger partial charge on any atom is 0.340 e. The van der Waals surface area contributed by atoms with Crippen LogP contribution in [0.2, 0.25) is 0 Å². The number of rotatable bonds is 2. The molecule has 3 N–H and O–H groups in total. The van der Waals surface area contributed by atoms with Gasteiger partial charge in [0.1, 0.15) is 6.54 Å². The largest absolute Gasteiger partial charge is 0.350 e. The second-order valence-corrected chi connectivity index (χ2v) is 6.35. The fraction of sp³-hybridized carbons (Fsp3) is 0.278. The van der Waals surface area contributed by atoms with Crippen LogP contribution in [0.1, 0.15) is 5.56 Å². The van der Waals surface area contributed by atoms with Crippen molar-refractivity contribution in [3.05, 3.63) is 48.0 Å². The molecule has 2 aliphatic heterocycles. The summed E-state index contributed by atoms with van der Waals surface area (Å²) in [6, 6.07) is 12.9. The Balaban J connectivity index is 1.66. The van der Waals surface area contributed by atoms with E-state index in [1.165, 1.54) is 4.90 Å². The third-order valence-corrected chi connectivity index (χ3v) is 4.73. The molecule has 2 aromatic carbocycles. The maximum absolute atomic E-state index is 12.9. The summed E-state index contributed by atoms with van der Waals surface area (Å²) in [5, 5.41) is 5.66. The Morgan fingerprint density at radius 2 is 1.96 bits per heavy atom. The molecule has 134 valence electrons. The van der Waals surface area contributed by atoms with Gasteiger partial charge in [0.15, 0.2) is 12.3 Å². The summed E-state index contributed by atoms with van der Waals surface area (Å²) >= 11 is 0. The molecule has 0 bridgehead atoms. The molecule has 0 spiro atoms. The van der Waals surface area contributed by atoms with Crippen LogP contribution < -0.4 is 11.1 Å².